The van der Waals surface area contributed by atoms with E-state index in [0.29, 0.717) is 82.1 Å². The number of fused-ring (bicyclic) bond motifs is 3. The number of nitriles is 4. The number of piperidine rings is 3. The molecule has 5 N–H and O–H groups in total. The van der Waals surface area contributed by atoms with Gasteiger partial charge in [-0.15, -0.1) is 0 Å². The van der Waals surface area contributed by atoms with Crippen LogP contribution in [0.2, 0.25) is 0 Å². The first-order chi connectivity index (χ1) is 46.6. The number of halogens is 3. The van der Waals surface area contributed by atoms with Gasteiger partial charge in [0.05, 0.1) is 157 Å². The molecule has 6 aliphatic rings. The normalized spacial score (nSPS) is 18.4. The number of carbonyl (C=O) groups is 3. The molecule has 24 nitrogen and oxygen atoms in total. The summed E-state index contributed by atoms with van der Waals surface area (Å²) in [5, 5.41) is 79.5. The van der Waals surface area contributed by atoms with Crippen molar-refractivity contribution in [1.82, 2.24) is 60.2 Å². The van der Waals surface area contributed by atoms with Crippen molar-refractivity contribution in [2.75, 3.05) is 54.0 Å². The Hall–Kier alpha value is -11.8. The molecule has 12 heterocycles. The third-order valence-corrected chi connectivity index (χ3v) is 18.0. The van der Waals surface area contributed by atoms with E-state index in [1.54, 1.807) is 50.8 Å². The molecule has 6 aliphatic heterocycles. The summed E-state index contributed by atoms with van der Waals surface area (Å²) in [5.74, 6) is -0.174. The van der Waals surface area contributed by atoms with Gasteiger partial charge in [-0.3, -0.25) is 14.4 Å². The number of anilines is 3. The van der Waals surface area contributed by atoms with Gasteiger partial charge in [0.15, 0.2) is 17.5 Å². The lowest BCUT2D eigenvalue weighted by atomic mass is 9.99. The van der Waals surface area contributed by atoms with E-state index in [4.69, 9.17) is 0 Å². The zero-order valence-corrected chi connectivity index (χ0v) is 51.7. The fourth-order valence-electron chi connectivity index (χ4n) is 13.1. The van der Waals surface area contributed by atoms with Crippen molar-refractivity contribution in [2.24, 2.45) is 11.8 Å². The quantitative estimate of drug-likeness (QED) is 0.0869. The van der Waals surface area contributed by atoms with Crippen LogP contribution in [-0.4, -0.2) is 124 Å². The number of carbonyl (C=O) groups excluding carboxylic acids is 3. The van der Waals surface area contributed by atoms with Crippen molar-refractivity contribution in [3.63, 3.8) is 0 Å². The maximum Gasteiger partial charge on any atom is 0.255 e. The van der Waals surface area contributed by atoms with E-state index in [-0.39, 0.29) is 112 Å². The highest BCUT2D eigenvalue weighted by Crippen LogP contribution is 2.37. The number of pyridine rings is 3. The molecule has 3 aromatic carbocycles. The molecule has 27 heteroatoms. The number of amides is 3. The Bertz CT molecular complexity index is 4770. The number of aromatic nitrogens is 9. The molecule has 15 rings (SSSR count). The van der Waals surface area contributed by atoms with Crippen LogP contribution in [0.1, 0.15) is 110 Å². The predicted molar refractivity (Wildman–Crippen MR) is 343 cm³/mol. The average molecular weight is 1290 g/mol. The van der Waals surface area contributed by atoms with E-state index < -0.39 is 23.6 Å². The molecule has 0 radical (unpaired) electrons. The first-order valence-corrected chi connectivity index (χ1v) is 31.3. The van der Waals surface area contributed by atoms with E-state index >= 15 is 0 Å². The van der Waals surface area contributed by atoms with E-state index in [2.05, 4.69) is 69.0 Å². The molecule has 9 aromatic rings. The topological polar surface area (TPSA) is 325 Å². The van der Waals surface area contributed by atoms with Crippen LogP contribution < -0.4 is 30.7 Å². The van der Waals surface area contributed by atoms with Gasteiger partial charge < -0.3 is 40.9 Å². The summed E-state index contributed by atoms with van der Waals surface area (Å²) in [5.41, 5.74) is 5.62. The van der Waals surface area contributed by atoms with Crippen LogP contribution >= 0.6 is 0 Å². The van der Waals surface area contributed by atoms with Crippen LogP contribution in [0.25, 0.3) is 50.8 Å². The van der Waals surface area contributed by atoms with E-state index in [1.165, 1.54) is 54.6 Å². The molecule has 6 aromatic heterocycles. The van der Waals surface area contributed by atoms with Crippen molar-refractivity contribution >= 4 is 35.2 Å². The molecular weight excluding hydrogens is 1230 g/mol. The van der Waals surface area contributed by atoms with Gasteiger partial charge in [0, 0.05) is 82.2 Å². The number of nitrogens with zero attached hydrogens (tertiary/aromatic N) is 16. The monoisotopic (exact) mass is 1290 g/mol. The van der Waals surface area contributed by atoms with Crippen molar-refractivity contribution in [2.45, 2.75) is 77.2 Å². The molecule has 0 aliphatic carbocycles. The van der Waals surface area contributed by atoms with Gasteiger partial charge in [0.1, 0.15) is 17.5 Å². The lowest BCUT2D eigenvalue weighted by molar-refractivity contribution is 0.0957. The number of benzene rings is 3. The highest BCUT2D eigenvalue weighted by molar-refractivity contribution is 6.03. The minimum atomic E-state index is -0.559. The summed E-state index contributed by atoms with van der Waals surface area (Å²) in [6, 6.07) is 31.8. The van der Waals surface area contributed by atoms with Gasteiger partial charge in [-0.1, -0.05) is 18.2 Å². The van der Waals surface area contributed by atoms with Gasteiger partial charge in [-0.25, -0.2) is 42.2 Å². The van der Waals surface area contributed by atoms with Gasteiger partial charge in [-0.05, 0) is 106 Å². The minimum Gasteiger partial charge on any atom is -0.396 e. The number of aliphatic hydroxyl groups is 2. The second kappa shape index (κ2) is 26.7. The lowest BCUT2D eigenvalue weighted by Crippen LogP contribution is -2.44. The Morgan fingerprint density at radius 2 is 0.927 bits per heavy atom. The van der Waals surface area contributed by atoms with Crippen molar-refractivity contribution in [3.8, 4) is 75.1 Å². The highest BCUT2D eigenvalue weighted by atomic mass is 19.1. The smallest absolute Gasteiger partial charge is 0.255 e. The van der Waals surface area contributed by atoms with Crippen LogP contribution in [0.15, 0.2) is 110 Å². The van der Waals surface area contributed by atoms with Crippen LogP contribution in [0.3, 0.4) is 0 Å². The van der Waals surface area contributed by atoms with Crippen molar-refractivity contribution < 1.29 is 37.8 Å². The van der Waals surface area contributed by atoms with Crippen LogP contribution in [0.4, 0.5) is 30.6 Å². The molecule has 0 saturated carbocycles. The Morgan fingerprint density at radius 1 is 0.521 bits per heavy atom. The number of β-amino-alcohol motifs (C(OH)–C–C–N with tert-alkyl or cyclic N) is 1. The summed E-state index contributed by atoms with van der Waals surface area (Å²) in [7, 11) is 0. The molecule has 0 bridgehead atoms. The maximum atomic E-state index is 14.7. The molecule has 3 unspecified atom stereocenters. The minimum absolute atomic E-state index is 0.0399. The summed E-state index contributed by atoms with van der Waals surface area (Å²) >= 11 is 0. The average Bonchev–Trinajstić information content (AvgIpc) is 1.54. The third-order valence-electron chi connectivity index (χ3n) is 18.0. The third kappa shape index (κ3) is 12.2. The van der Waals surface area contributed by atoms with Gasteiger partial charge in [0.2, 0.25) is 0 Å². The van der Waals surface area contributed by atoms with E-state index in [1.807, 2.05) is 41.3 Å². The first kappa shape index (κ1) is 63.0. The first-order valence-electron chi connectivity index (χ1n) is 31.3. The standard InChI is InChI=1S/C23H18FN7O.2C23H21FN6O2/c24-16-5-1-4-15(11-26)21(16)17-9-19(22-18(28-17)12-27-23(22)32)31-8-6-20(29-31)30-7-2-3-14(10-25)13-30;1-13-5-6-15(31)12-29(13)20-7-8-30(28-20)19-9-17(27-18-11-26-23(32)22(18)19)21-14(10-25)3-2-4-16(21)24;24-16-5-1-4-15(10-25)21(16)17-9-19(22-18(27-17)11-26-23(22)32)30-8-6-20(28-30)29-7-2-3-14(12-29)13-31/h1,4-6,8-9,14H,2-3,7,12-13H2,(H,27,32);2-4,7-9,13,15,31H,5-6,11-12H2,1H3,(H,26,32);1,4-6,8-9,14,31H,2-3,7,11-13H2,(H,26,32)/t;;14-/m..1/s1. The second-order valence-corrected chi connectivity index (χ2v) is 24.1. The SMILES string of the molecule is CC1CCC(O)CN1c1ccn(-c2cc(-c3c(F)cccc3C#N)nc3c2C(=O)NC3)n1.N#Cc1cccc(F)c1-c1cc(-n2ccc(N3CCCC(C#N)C3)n2)c2c(n1)CNC2=O.N#Cc1cccc(F)c1-c1cc(-n2ccc(N3CCC[C@@H](CO)C3)n2)c2c(n1)CNC2=O. The Morgan fingerprint density at radius 3 is 1.34 bits per heavy atom. The number of nitrogens with one attached hydrogen (secondary N) is 3. The number of rotatable bonds is 10. The molecule has 3 amide bonds. The fourth-order valence-corrected chi connectivity index (χ4v) is 13.1. The molecule has 3 fully saturated rings. The van der Waals surface area contributed by atoms with Crippen LogP contribution in [-0.2, 0) is 19.6 Å². The van der Waals surface area contributed by atoms with E-state index in [9.17, 15) is 58.8 Å². The van der Waals surface area contributed by atoms with Crippen molar-refractivity contribution in [1.29, 1.82) is 21.0 Å². The molecule has 0 spiro atoms. The highest BCUT2D eigenvalue weighted by Gasteiger charge is 2.34. The Kier molecular flexibility index (Phi) is 17.5. The Labute approximate surface area is 547 Å². The van der Waals surface area contributed by atoms with Gasteiger partial charge in [-0.2, -0.15) is 36.3 Å². The lowest BCUT2D eigenvalue weighted by Gasteiger charge is -2.36. The summed E-state index contributed by atoms with van der Waals surface area (Å²) < 4.78 is 48.8. The zero-order chi connectivity index (χ0) is 66.9. The molecular formula is C69H60F3N19O5. The molecule has 3 saturated heterocycles. The summed E-state index contributed by atoms with van der Waals surface area (Å²) in [6.07, 6.45) is 10.2. The summed E-state index contributed by atoms with van der Waals surface area (Å²) in [6.45, 7) is 6.34. The van der Waals surface area contributed by atoms with Crippen molar-refractivity contribution in [3.05, 3.63) is 178 Å². The van der Waals surface area contributed by atoms with Crippen LogP contribution in [0.5, 0.6) is 0 Å². The van der Waals surface area contributed by atoms with Gasteiger partial charge in [0.25, 0.3) is 17.7 Å². The zero-order valence-electron chi connectivity index (χ0n) is 51.7. The fraction of sp³-hybridized carbons (Fsp3) is 0.290. The van der Waals surface area contributed by atoms with Gasteiger partial charge >= 0.3 is 0 Å². The predicted octanol–water partition coefficient (Wildman–Crippen LogP) is 7.86. The van der Waals surface area contributed by atoms with E-state index in [0.717, 1.165) is 57.4 Å². The number of hydrogen-bond donors (Lipinski definition) is 5. The largest absolute Gasteiger partial charge is 0.396 e. The number of hydrogen-bond acceptors (Lipinski definition) is 18. The molecule has 482 valence electrons. The maximum absolute atomic E-state index is 14.7. The molecule has 96 heavy (non-hydrogen) atoms. The number of aliphatic hydroxyl groups excluding tert-OH is 2. The Balaban J connectivity index is 0.000000130. The van der Waals surface area contributed by atoms with Crippen LogP contribution in [0, 0.1) is 74.6 Å². The summed E-state index contributed by atoms with van der Waals surface area (Å²) in [4.78, 5) is 57.3. The second-order valence-electron chi connectivity index (χ2n) is 24.1. The molecule has 4 atom stereocenters.